The van der Waals surface area contributed by atoms with Crippen LogP contribution in [-0.4, -0.2) is 36.2 Å². The Morgan fingerprint density at radius 3 is 2.62 bits per heavy atom. The zero-order valence-electron chi connectivity index (χ0n) is 12.2. The van der Waals surface area contributed by atoms with Crippen LogP contribution in [0, 0.1) is 0 Å². The molecule has 3 nitrogen and oxygen atoms in total. The number of hydrogen-bond donors (Lipinski definition) is 1. The first-order chi connectivity index (χ1) is 10.2. The fourth-order valence-electron chi connectivity index (χ4n) is 2.72. The maximum atomic E-state index is 12.3. The van der Waals surface area contributed by atoms with E-state index in [0.717, 1.165) is 25.0 Å². The van der Waals surface area contributed by atoms with E-state index in [9.17, 15) is 4.79 Å². The van der Waals surface area contributed by atoms with Crippen LogP contribution in [0.4, 0.5) is 0 Å². The number of benzene rings is 1. The van der Waals surface area contributed by atoms with Crippen LogP contribution in [0.15, 0.2) is 24.3 Å². The van der Waals surface area contributed by atoms with Gasteiger partial charge >= 0.3 is 0 Å². The fraction of sp³-hybridized carbons (Fsp3) is 0.562. The third kappa shape index (κ3) is 3.76. The number of rotatable bonds is 4. The van der Waals surface area contributed by atoms with Crippen LogP contribution < -0.4 is 5.32 Å². The predicted octanol–water partition coefficient (Wildman–Crippen LogP) is 3.46. The van der Waals surface area contributed by atoms with Crippen LogP contribution in [0.2, 0.25) is 0 Å². The van der Waals surface area contributed by atoms with Crippen LogP contribution >= 0.6 is 23.5 Å². The Morgan fingerprint density at radius 2 is 2.00 bits per heavy atom. The Balaban J connectivity index is 1.59. The smallest absolute Gasteiger partial charge is 0.251 e. The molecule has 1 N–H and O–H groups in total. The summed E-state index contributed by atoms with van der Waals surface area (Å²) in [7, 11) is 0. The van der Waals surface area contributed by atoms with E-state index in [4.69, 9.17) is 4.74 Å². The fourth-order valence-corrected chi connectivity index (χ4v) is 5.58. The Hall–Kier alpha value is -0.650. The van der Waals surface area contributed by atoms with Crippen molar-refractivity contribution in [2.75, 3.05) is 18.1 Å². The molecule has 1 aromatic carbocycles. The Kier molecular flexibility index (Phi) is 5.14. The molecule has 2 aliphatic heterocycles. The normalized spacial score (nSPS) is 24.1. The number of ether oxygens (including phenoxy) is 1. The van der Waals surface area contributed by atoms with Crippen LogP contribution in [0.5, 0.6) is 0 Å². The van der Waals surface area contributed by atoms with E-state index in [-0.39, 0.29) is 18.1 Å². The summed E-state index contributed by atoms with van der Waals surface area (Å²) in [5.74, 6) is 2.43. The van der Waals surface area contributed by atoms with Gasteiger partial charge in [0.25, 0.3) is 5.91 Å². The van der Waals surface area contributed by atoms with Gasteiger partial charge in [-0.3, -0.25) is 4.79 Å². The molecule has 3 rings (SSSR count). The van der Waals surface area contributed by atoms with Gasteiger partial charge in [-0.2, -0.15) is 0 Å². The Labute approximate surface area is 134 Å². The molecule has 0 saturated carbocycles. The molecular formula is C16H21NO2S2. The molecule has 2 aliphatic rings. The summed E-state index contributed by atoms with van der Waals surface area (Å²) in [5.41, 5.74) is 2.04. The quantitative estimate of drug-likeness (QED) is 0.921. The van der Waals surface area contributed by atoms with Crippen LogP contribution in [0.1, 0.15) is 40.3 Å². The van der Waals surface area contributed by atoms with Crippen LogP contribution in [0.3, 0.4) is 0 Å². The Morgan fingerprint density at radius 1 is 1.29 bits per heavy atom. The van der Waals surface area contributed by atoms with E-state index in [0.29, 0.717) is 4.58 Å². The summed E-state index contributed by atoms with van der Waals surface area (Å²) in [6, 6.07) is 8.11. The molecule has 2 atom stereocenters. The van der Waals surface area contributed by atoms with Crippen molar-refractivity contribution in [3.8, 4) is 0 Å². The minimum Gasteiger partial charge on any atom is -0.376 e. The molecule has 5 heteroatoms. The highest BCUT2D eigenvalue weighted by molar-refractivity contribution is 8.19. The number of thioether (sulfide) groups is 2. The van der Waals surface area contributed by atoms with Crippen molar-refractivity contribution in [1.82, 2.24) is 5.32 Å². The van der Waals surface area contributed by atoms with Gasteiger partial charge in [-0.05, 0) is 37.5 Å². The molecule has 0 radical (unpaired) electrons. The second-order valence-corrected chi connectivity index (χ2v) is 8.23. The number of carbonyl (C=O) groups is 1. The third-order valence-corrected chi connectivity index (χ3v) is 7.05. The molecule has 114 valence electrons. The molecule has 0 aliphatic carbocycles. The minimum absolute atomic E-state index is 0.00345. The van der Waals surface area contributed by atoms with Crippen molar-refractivity contribution >= 4 is 29.4 Å². The molecule has 2 heterocycles. The number of hydrogen-bond acceptors (Lipinski definition) is 4. The highest BCUT2D eigenvalue weighted by Crippen LogP contribution is 2.45. The van der Waals surface area contributed by atoms with Gasteiger partial charge in [0.2, 0.25) is 0 Å². The zero-order chi connectivity index (χ0) is 14.7. The van der Waals surface area contributed by atoms with Gasteiger partial charge < -0.3 is 10.1 Å². The lowest BCUT2D eigenvalue weighted by Gasteiger charge is -2.20. The molecular weight excluding hydrogens is 302 g/mol. The second-order valence-electron chi connectivity index (χ2n) is 5.51. The first-order valence-corrected chi connectivity index (χ1v) is 9.59. The average molecular weight is 323 g/mol. The van der Waals surface area contributed by atoms with Crippen molar-refractivity contribution in [3.63, 3.8) is 0 Å². The lowest BCUT2D eigenvalue weighted by molar-refractivity contribution is 0.0712. The van der Waals surface area contributed by atoms with E-state index >= 15 is 0 Å². The number of nitrogens with one attached hydrogen (secondary N) is 1. The molecule has 0 spiro atoms. The van der Waals surface area contributed by atoms with Crippen molar-refractivity contribution in [2.45, 2.75) is 36.5 Å². The van der Waals surface area contributed by atoms with Crippen molar-refractivity contribution in [1.29, 1.82) is 0 Å². The summed E-state index contributed by atoms with van der Waals surface area (Å²) in [4.78, 5) is 12.3. The van der Waals surface area contributed by atoms with Gasteiger partial charge in [0, 0.05) is 23.7 Å². The first kappa shape index (κ1) is 15.3. The van der Waals surface area contributed by atoms with E-state index < -0.39 is 0 Å². The molecule has 0 aromatic heterocycles. The van der Waals surface area contributed by atoms with Crippen molar-refractivity contribution < 1.29 is 9.53 Å². The molecule has 1 amide bonds. The molecule has 2 unspecified atom stereocenters. The predicted molar refractivity (Wildman–Crippen MR) is 90.0 cm³/mol. The van der Waals surface area contributed by atoms with Gasteiger partial charge in [-0.25, -0.2) is 0 Å². The standard InChI is InChI=1S/C16H21NO2S2/c1-11(14-3-2-8-19-14)17-15(18)12-4-6-13(7-5-12)16-20-9-10-21-16/h4-7,11,14,16H,2-3,8-10H2,1H3,(H,17,18). The maximum Gasteiger partial charge on any atom is 0.251 e. The minimum atomic E-state index is -0.00345. The molecule has 0 bridgehead atoms. The lowest BCUT2D eigenvalue weighted by Crippen LogP contribution is -2.40. The summed E-state index contributed by atoms with van der Waals surface area (Å²) >= 11 is 3.97. The summed E-state index contributed by atoms with van der Waals surface area (Å²) in [6.07, 6.45) is 2.30. The summed E-state index contributed by atoms with van der Waals surface area (Å²) in [6.45, 7) is 2.84. The molecule has 2 saturated heterocycles. The van der Waals surface area contributed by atoms with Gasteiger partial charge in [0.15, 0.2) is 0 Å². The second kappa shape index (κ2) is 7.07. The van der Waals surface area contributed by atoms with Crippen molar-refractivity contribution in [3.05, 3.63) is 35.4 Å². The summed E-state index contributed by atoms with van der Waals surface area (Å²) < 4.78 is 6.15. The molecule has 1 aromatic rings. The van der Waals surface area contributed by atoms with Gasteiger partial charge in [0.05, 0.1) is 16.7 Å². The maximum absolute atomic E-state index is 12.3. The third-order valence-electron chi connectivity index (χ3n) is 3.95. The van der Waals surface area contributed by atoms with Gasteiger partial charge in [-0.1, -0.05) is 12.1 Å². The van der Waals surface area contributed by atoms with E-state index in [1.807, 2.05) is 42.6 Å². The zero-order valence-corrected chi connectivity index (χ0v) is 13.8. The highest BCUT2D eigenvalue weighted by Gasteiger charge is 2.24. The SMILES string of the molecule is CC(NC(=O)c1ccc(C2SCCS2)cc1)C1CCCO1. The van der Waals surface area contributed by atoms with E-state index in [1.54, 1.807) is 0 Å². The van der Waals surface area contributed by atoms with E-state index in [1.165, 1.54) is 17.1 Å². The lowest BCUT2D eigenvalue weighted by atomic mass is 10.1. The van der Waals surface area contributed by atoms with Gasteiger partial charge in [0.1, 0.15) is 0 Å². The molecule has 21 heavy (non-hydrogen) atoms. The average Bonchev–Trinajstić information content (AvgIpc) is 3.20. The van der Waals surface area contributed by atoms with Crippen molar-refractivity contribution in [2.24, 2.45) is 0 Å². The first-order valence-electron chi connectivity index (χ1n) is 7.49. The van der Waals surface area contributed by atoms with E-state index in [2.05, 4.69) is 17.4 Å². The monoisotopic (exact) mass is 323 g/mol. The van der Waals surface area contributed by atoms with Gasteiger partial charge in [-0.15, -0.1) is 23.5 Å². The van der Waals surface area contributed by atoms with Crippen LogP contribution in [0.25, 0.3) is 0 Å². The van der Waals surface area contributed by atoms with Crippen LogP contribution in [-0.2, 0) is 4.74 Å². The summed E-state index contributed by atoms with van der Waals surface area (Å²) in [5, 5.41) is 3.05. The number of amides is 1. The highest BCUT2D eigenvalue weighted by atomic mass is 32.2. The molecule has 2 fully saturated rings. The number of carbonyl (C=O) groups excluding carboxylic acids is 1. The Bertz CT molecular complexity index is 480. The topological polar surface area (TPSA) is 38.3 Å². The largest absolute Gasteiger partial charge is 0.376 e.